The third kappa shape index (κ3) is 4.61. The highest BCUT2D eigenvalue weighted by molar-refractivity contribution is 5.94. The van der Waals surface area contributed by atoms with E-state index in [-0.39, 0.29) is 19.6 Å². The van der Waals surface area contributed by atoms with Gasteiger partial charge in [0.2, 0.25) is 0 Å². The zero-order valence-electron chi connectivity index (χ0n) is 13.7. The Bertz CT molecular complexity index is 654. The maximum Gasteiger partial charge on any atom is 0.320 e. The maximum atomic E-state index is 11.9. The number of rotatable bonds is 8. The van der Waals surface area contributed by atoms with Crippen molar-refractivity contribution in [2.75, 3.05) is 13.2 Å². The van der Waals surface area contributed by atoms with Gasteiger partial charge in [0.1, 0.15) is 5.69 Å². The molecule has 24 heavy (non-hydrogen) atoms. The van der Waals surface area contributed by atoms with Crippen LogP contribution in [0.15, 0.2) is 30.7 Å². The molecule has 2 rings (SSSR count). The molecule has 0 fully saturated rings. The first-order chi connectivity index (χ1) is 11.7. The number of hydrogen-bond donors (Lipinski definition) is 0. The summed E-state index contributed by atoms with van der Waals surface area (Å²) in [5.74, 6) is -2.12. The van der Waals surface area contributed by atoms with E-state index in [4.69, 9.17) is 9.47 Å². The van der Waals surface area contributed by atoms with Crippen LogP contribution in [0.5, 0.6) is 0 Å². The molecule has 0 amide bonds. The van der Waals surface area contributed by atoms with E-state index in [1.165, 1.54) is 0 Å². The molecule has 0 atom stereocenters. The van der Waals surface area contributed by atoms with Crippen LogP contribution in [0.3, 0.4) is 0 Å². The number of hydrogen-bond acceptors (Lipinski definition) is 7. The van der Waals surface area contributed by atoms with Crippen LogP contribution in [0.1, 0.15) is 20.3 Å². The van der Waals surface area contributed by atoms with E-state index in [0.29, 0.717) is 12.2 Å². The fourth-order valence-electron chi connectivity index (χ4n) is 2.14. The molecule has 0 aromatic carbocycles. The summed E-state index contributed by atoms with van der Waals surface area (Å²) < 4.78 is 11.5. The molecule has 0 saturated heterocycles. The first-order valence-corrected chi connectivity index (χ1v) is 7.79. The molecule has 2 heterocycles. The number of pyridine rings is 1. The second-order valence-electron chi connectivity index (χ2n) is 4.95. The minimum Gasteiger partial charge on any atom is -0.465 e. The number of aromatic nitrogens is 4. The minimum atomic E-state index is -0.960. The summed E-state index contributed by atoms with van der Waals surface area (Å²) in [5, 5.41) is 8.10. The Balaban J connectivity index is 2.02. The third-order valence-electron chi connectivity index (χ3n) is 3.30. The number of carbonyl (C=O) groups excluding carboxylic acids is 2. The quantitative estimate of drug-likeness (QED) is 0.533. The van der Waals surface area contributed by atoms with E-state index in [0.717, 1.165) is 5.56 Å². The summed E-state index contributed by atoms with van der Waals surface area (Å²) >= 11 is 0. The summed E-state index contributed by atoms with van der Waals surface area (Å²) in [5.41, 5.74) is 1.59. The van der Waals surface area contributed by atoms with Crippen molar-refractivity contribution in [1.82, 2.24) is 20.0 Å². The molecule has 128 valence electrons. The van der Waals surface area contributed by atoms with Gasteiger partial charge in [0.25, 0.3) is 0 Å². The Hall–Kier alpha value is -2.77. The van der Waals surface area contributed by atoms with Gasteiger partial charge in [-0.15, -0.1) is 5.10 Å². The molecule has 0 aliphatic heterocycles. The maximum absolute atomic E-state index is 11.9. The molecule has 0 aliphatic carbocycles. The molecule has 0 aliphatic rings. The second kappa shape index (κ2) is 8.76. The van der Waals surface area contributed by atoms with Gasteiger partial charge in [-0.3, -0.25) is 19.3 Å². The molecule has 0 N–H and O–H groups in total. The SMILES string of the molecule is CCOC(=O)C(CCn1cc(-c2ccncc2)nn1)C(=O)OCC. The molecule has 0 saturated carbocycles. The van der Waals surface area contributed by atoms with E-state index in [2.05, 4.69) is 15.3 Å². The van der Waals surface area contributed by atoms with Gasteiger partial charge < -0.3 is 9.47 Å². The van der Waals surface area contributed by atoms with Crippen LogP contribution in [0.2, 0.25) is 0 Å². The topological polar surface area (TPSA) is 96.2 Å². The molecule has 8 nitrogen and oxygen atoms in total. The van der Waals surface area contributed by atoms with Crippen molar-refractivity contribution < 1.29 is 19.1 Å². The molecule has 8 heteroatoms. The lowest BCUT2D eigenvalue weighted by molar-refractivity contribution is -0.162. The van der Waals surface area contributed by atoms with Gasteiger partial charge in [0.05, 0.1) is 19.4 Å². The summed E-state index contributed by atoms with van der Waals surface area (Å²) in [6.45, 7) is 4.16. The fraction of sp³-hybridized carbons (Fsp3) is 0.438. The molecule has 0 radical (unpaired) electrons. The fourth-order valence-corrected chi connectivity index (χ4v) is 2.14. The van der Waals surface area contributed by atoms with Crippen molar-refractivity contribution in [2.45, 2.75) is 26.8 Å². The molecular formula is C16H20N4O4. The van der Waals surface area contributed by atoms with Gasteiger partial charge in [-0.2, -0.15) is 0 Å². The van der Waals surface area contributed by atoms with Crippen LogP contribution < -0.4 is 0 Å². The summed E-state index contributed by atoms with van der Waals surface area (Å²) in [6.07, 6.45) is 5.33. The first-order valence-electron chi connectivity index (χ1n) is 7.79. The van der Waals surface area contributed by atoms with Gasteiger partial charge in [0.15, 0.2) is 5.92 Å². The van der Waals surface area contributed by atoms with Crippen LogP contribution in [0, 0.1) is 5.92 Å². The van der Waals surface area contributed by atoms with Gasteiger partial charge in [-0.1, -0.05) is 5.21 Å². The van der Waals surface area contributed by atoms with Crippen LogP contribution in [-0.2, 0) is 25.6 Å². The lowest BCUT2D eigenvalue weighted by Crippen LogP contribution is -2.29. The Morgan fingerprint density at radius 2 is 1.75 bits per heavy atom. The molecule has 2 aromatic heterocycles. The highest BCUT2D eigenvalue weighted by atomic mass is 16.6. The molecule has 0 unspecified atom stereocenters. The van der Waals surface area contributed by atoms with Crippen molar-refractivity contribution in [3.8, 4) is 11.3 Å². The summed E-state index contributed by atoms with van der Waals surface area (Å²) in [4.78, 5) is 27.8. The zero-order valence-corrected chi connectivity index (χ0v) is 13.7. The molecule has 0 spiro atoms. The van der Waals surface area contributed by atoms with Crippen LogP contribution in [-0.4, -0.2) is 45.1 Å². The van der Waals surface area contributed by atoms with Crippen LogP contribution >= 0.6 is 0 Å². The van der Waals surface area contributed by atoms with E-state index >= 15 is 0 Å². The largest absolute Gasteiger partial charge is 0.465 e. The highest BCUT2D eigenvalue weighted by Crippen LogP contribution is 2.15. The number of nitrogens with zero attached hydrogens (tertiary/aromatic N) is 4. The van der Waals surface area contributed by atoms with E-state index < -0.39 is 17.9 Å². The predicted octanol–water partition coefficient (Wildman–Crippen LogP) is 1.47. The summed E-state index contributed by atoms with van der Waals surface area (Å²) in [6, 6.07) is 3.66. The average molecular weight is 332 g/mol. The van der Waals surface area contributed by atoms with Gasteiger partial charge in [-0.05, 0) is 32.4 Å². The van der Waals surface area contributed by atoms with Crippen molar-refractivity contribution in [1.29, 1.82) is 0 Å². The number of carbonyl (C=O) groups is 2. The predicted molar refractivity (Wildman–Crippen MR) is 84.6 cm³/mol. The second-order valence-corrected chi connectivity index (χ2v) is 4.95. The third-order valence-corrected chi connectivity index (χ3v) is 3.30. The molecule has 0 bridgehead atoms. The van der Waals surface area contributed by atoms with Crippen LogP contribution in [0.4, 0.5) is 0 Å². The van der Waals surface area contributed by atoms with Crippen molar-refractivity contribution >= 4 is 11.9 Å². The highest BCUT2D eigenvalue weighted by Gasteiger charge is 2.29. The summed E-state index contributed by atoms with van der Waals surface area (Å²) in [7, 11) is 0. The zero-order chi connectivity index (χ0) is 17.4. The Morgan fingerprint density at radius 1 is 1.12 bits per heavy atom. The average Bonchev–Trinajstić information content (AvgIpc) is 3.05. The minimum absolute atomic E-state index is 0.213. The molecule has 2 aromatic rings. The number of aryl methyl sites for hydroxylation is 1. The normalized spacial score (nSPS) is 10.6. The first kappa shape index (κ1) is 17.6. The standard InChI is InChI=1S/C16H20N4O4/c1-3-23-15(21)13(16(22)24-4-2)7-10-20-11-14(18-19-20)12-5-8-17-9-6-12/h5-6,8-9,11,13H,3-4,7,10H2,1-2H3. The Labute approximate surface area is 139 Å². The lowest BCUT2D eigenvalue weighted by atomic mass is 10.1. The van der Waals surface area contributed by atoms with Crippen LogP contribution in [0.25, 0.3) is 11.3 Å². The van der Waals surface area contributed by atoms with E-state index in [1.54, 1.807) is 37.1 Å². The van der Waals surface area contributed by atoms with Crippen molar-refractivity contribution in [2.24, 2.45) is 5.92 Å². The Kier molecular flexibility index (Phi) is 6.41. The number of ether oxygens (including phenoxy) is 2. The number of esters is 2. The van der Waals surface area contributed by atoms with E-state index in [9.17, 15) is 9.59 Å². The van der Waals surface area contributed by atoms with E-state index in [1.807, 2.05) is 12.1 Å². The molecular weight excluding hydrogens is 312 g/mol. The Morgan fingerprint density at radius 3 is 2.33 bits per heavy atom. The van der Waals surface area contributed by atoms with Gasteiger partial charge >= 0.3 is 11.9 Å². The van der Waals surface area contributed by atoms with Crippen molar-refractivity contribution in [3.63, 3.8) is 0 Å². The monoisotopic (exact) mass is 332 g/mol. The van der Waals surface area contributed by atoms with Crippen molar-refractivity contribution in [3.05, 3.63) is 30.7 Å². The van der Waals surface area contributed by atoms with Gasteiger partial charge in [0, 0.05) is 24.5 Å². The smallest absolute Gasteiger partial charge is 0.320 e. The lowest BCUT2D eigenvalue weighted by Gasteiger charge is -2.13. The van der Waals surface area contributed by atoms with Gasteiger partial charge in [-0.25, -0.2) is 0 Å².